The second-order valence-electron chi connectivity index (χ2n) is 4.62. The van der Waals surface area contributed by atoms with E-state index in [9.17, 15) is 8.42 Å². The van der Waals surface area contributed by atoms with Gasteiger partial charge in [0.1, 0.15) is 18.1 Å². The summed E-state index contributed by atoms with van der Waals surface area (Å²) in [4.78, 5) is 0. The molecular formula is C13H18N4O3S. The van der Waals surface area contributed by atoms with E-state index in [1.54, 1.807) is 38.1 Å². The molecule has 0 saturated carbocycles. The molecule has 7 nitrogen and oxygen atoms in total. The van der Waals surface area contributed by atoms with E-state index < -0.39 is 10.0 Å². The average Bonchev–Trinajstić information content (AvgIpc) is 2.72. The Morgan fingerprint density at radius 2 is 2.05 bits per heavy atom. The van der Waals surface area contributed by atoms with Crippen LogP contribution >= 0.6 is 0 Å². The number of aryl methyl sites for hydroxylation is 2. The number of sulfonamides is 1. The first kappa shape index (κ1) is 15.2. The molecule has 0 atom stereocenters. The number of anilines is 2. The number of nitrogens with zero attached hydrogens (tertiary/aromatic N) is 1. The standard InChI is InChI=1S/C13H18N4O3S/c1-9-13(10(2)16-15-9)17-21(18,19)8-7-20-12-6-4-3-5-11(12)14/h3-6,17H,7-8,14H2,1-2H3,(H,15,16). The lowest BCUT2D eigenvalue weighted by atomic mass is 10.3. The van der Waals surface area contributed by atoms with Gasteiger partial charge in [-0.3, -0.25) is 9.82 Å². The summed E-state index contributed by atoms with van der Waals surface area (Å²) in [5.74, 6) is 0.300. The summed E-state index contributed by atoms with van der Waals surface area (Å²) < 4.78 is 31.9. The van der Waals surface area contributed by atoms with Gasteiger partial charge in [0.05, 0.1) is 22.8 Å². The number of aromatic amines is 1. The molecule has 0 aliphatic rings. The van der Waals surface area contributed by atoms with Crippen LogP contribution in [-0.2, 0) is 10.0 Å². The van der Waals surface area contributed by atoms with Gasteiger partial charge in [0, 0.05) is 0 Å². The molecule has 0 bridgehead atoms. The highest BCUT2D eigenvalue weighted by Crippen LogP contribution is 2.20. The Bertz CT molecular complexity index is 705. The number of H-pyrrole nitrogens is 1. The number of benzene rings is 1. The predicted molar refractivity (Wildman–Crippen MR) is 81.8 cm³/mol. The van der Waals surface area contributed by atoms with Crippen molar-refractivity contribution in [3.8, 4) is 5.75 Å². The molecule has 0 saturated heterocycles. The Labute approximate surface area is 123 Å². The highest BCUT2D eigenvalue weighted by atomic mass is 32.2. The monoisotopic (exact) mass is 310 g/mol. The number of hydrogen-bond acceptors (Lipinski definition) is 5. The van der Waals surface area contributed by atoms with Crippen molar-refractivity contribution >= 4 is 21.4 Å². The molecule has 21 heavy (non-hydrogen) atoms. The van der Waals surface area contributed by atoms with E-state index in [0.717, 1.165) is 0 Å². The first-order chi connectivity index (χ1) is 9.89. The molecule has 0 unspecified atom stereocenters. The van der Waals surface area contributed by atoms with E-state index >= 15 is 0 Å². The lowest BCUT2D eigenvalue weighted by Gasteiger charge is -2.10. The molecule has 0 radical (unpaired) electrons. The summed E-state index contributed by atoms with van der Waals surface area (Å²) >= 11 is 0. The zero-order chi connectivity index (χ0) is 15.5. The fourth-order valence-electron chi connectivity index (χ4n) is 1.78. The summed E-state index contributed by atoms with van der Waals surface area (Å²) in [6.45, 7) is 3.49. The molecular weight excluding hydrogens is 292 g/mol. The Balaban J connectivity index is 1.95. The van der Waals surface area contributed by atoms with Crippen molar-refractivity contribution in [3.05, 3.63) is 35.7 Å². The number of nitrogens with two attached hydrogens (primary N) is 1. The van der Waals surface area contributed by atoms with Crippen LogP contribution in [0.5, 0.6) is 5.75 Å². The predicted octanol–water partition coefficient (Wildman–Crippen LogP) is 1.43. The maximum absolute atomic E-state index is 12.0. The molecule has 114 valence electrons. The number of nitrogen functional groups attached to an aromatic ring is 1. The van der Waals surface area contributed by atoms with Crippen LogP contribution in [0, 0.1) is 13.8 Å². The molecule has 0 aliphatic carbocycles. The molecule has 0 fully saturated rings. The van der Waals surface area contributed by atoms with Crippen molar-refractivity contribution < 1.29 is 13.2 Å². The van der Waals surface area contributed by atoms with Crippen LogP contribution in [0.4, 0.5) is 11.4 Å². The molecule has 0 aliphatic heterocycles. The number of nitrogens with one attached hydrogen (secondary N) is 2. The summed E-state index contributed by atoms with van der Waals surface area (Å²) in [5, 5.41) is 6.66. The second kappa shape index (κ2) is 6.04. The number of hydrogen-bond donors (Lipinski definition) is 3. The minimum absolute atomic E-state index is 0.0134. The molecule has 4 N–H and O–H groups in total. The van der Waals surface area contributed by atoms with Gasteiger partial charge < -0.3 is 10.5 Å². The second-order valence-corrected chi connectivity index (χ2v) is 6.46. The van der Waals surface area contributed by atoms with E-state index in [1.807, 2.05) is 0 Å². The van der Waals surface area contributed by atoms with E-state index in [-0.39, 0.29) is 12.4 Å². The van der Waals surface area contributed by atoms with Crippen molar-refractivity contribution in [3.63, 3.8) is 0 Å². The smallest absolute Gasteiger partial charge is 0.236 e. The summed E-state index contributed by atoms with van der Waals surface area (Å²) in [5.41, 5.74) is 7.95. The van der Waals surface area contributed by atoms with Crippen molar-refractivity contribution in [2.45, 2.75) is 13.8 Å². The van der Waals surface area contributed by atoms with Crippen molar-refractivity contribution in [1.29, 1.82) is 0 Å². The number of aromatic nitrogens is 2. The van der Waals surface area contributed by atoms with Crippen molar-refractivity contribution in [2.24, 2.45) is 0 Å². The molecule has 0 spiro atoms. The number of rotatable bonds is 6. The van der Waals surface area contributed by atoms with Crippen LogP contribution in [-0.4, -0.2) is 31.0 Å². The molecule has 1 aromatic carbocycles. The third-order valence-electron chi connectivity index (χ3n) is 2.91. The lowest BCUT2D eigenvalue weighted by molar-refractivity contribution is 0.343. The SMILES string of the molecule is Cc1n[nH]c(C)c1NS(=O)(=O)CCOc1ccccc1N. The van der Waals surface area contributed by atoms with E-state index in [2.05, 4.69) is 14.9 Å². The highest BCUT2D eigenvalue weighted by Gasteiger charge is 2.15. The van der Waals surface area contributed by atoms with Crippen molar-refractivity contribution in [1.82, 2.24) is 10.2 Å². The summed E-state index contributed by atoms with van der Waals surface area (Å²) in [6, 6.07) is 6.95. The van der Waals surface area contributed by atoms with Gasteiger partial charge in [0.25, 0.3) is 0 Å². The quantitative estimate of drug-likeness (QED) is 0.699. The van der Waals surface area contributed by atoms with E-state index in [0.29, 0.717) is 28.5 Å². The van der Waals surface area contributed by atoms with Crippen LogP contribution in [0.15, 0.2) is 24.3 Å². The van der Waals surface area contributed by atoms with Crippen LogP contribution in [0.25, 0.3) is 0 Å². The van der Waals surface area contributed by atoms with Gasteiger partial charge in [0.15, 0.2) is 0 Å². The zero-order valence-electron chi connectivity index (χ0n) is 11.9. The third-order valence-corrected chi connectivity index (χ3v) is 4.13. The zero-order valence-corrected chi connectivity index (χ0v) is 12.7. The first-order valence-corrected chi connectivity index (χ1v) is 8.03. The lowest BCUT2D eigenvalue weighted by Crippen LogP contribution is -2.22. The van der Waals surface area contributed by atoms with Crippen LogP contribution in [0.2, 0.25) is 0 Å². The van der Waals surface area contributed by atoms with Gasteiger partial charge in [-0.15, -0.1) is 0 Å². The van der Waals surface area contributed by atoms with Gasteiger partial charge in [0.2, 0.25) is 10.0 Å². The Morgan fingerprint density at radius 3 is 2.67 bits per heavy atom. The maximum Gasteiger partial charge on any atom is 0.236 e. The molecule has 2 rings (SSSR count). The number of ether oxygens (including phenoxy) is 1. The first-order valence-electron chi connectivity index (χ1n) is 6.38. The maximum atomic E-state index is 12.0. The van der Waals surface area contributed by atoms with Gasteiger partial charge in [-0.2, -0.15) is 5.10 Å². The molecule has 1 aromatic heterocycles. The van der Waals surface area contributed by atoms with Gasteiger partial charge in [-0.05, 0) is 26.0 Å². The average molecular weight is 310 g/mol. The fourth-order valence-corrected chi connectivity index (χ4v) is 2.80. The topological polar surface area (TPSA) is 110 Å². The number of para-hydroxylation sites is 2. The minimum Gasteiger partial charge on any atom is -0.490 e. The van der Waals surface area contributed by atoms with Gasteiger partial charge in [-0.25, -0.2) is 8.42 Å². The molecule has 2 aromatic rings. The van der Waals surface area contributed by atoms with Crippen LogP contribution < -0.4 is 15.2 Å². The largest absolute Gasteiger partial charge is 0.490 e. The van der Waals surface area contributed by atoms with Crippen LogP contribution in [0.1, 0.15) is 11.4 Å². The van der Waals surface area contributed by atoms with E-state index in [4.69, 9.17) is 10.5 Å². The highest BCUT2D eigenvalue weighted by molar-refractivity contribution is 7.92. The Kier molecular flexibility index (Phi) is 4.37. The van der Waals surface area contributed by atoms with E-state index in [1.165, 1.54) is 0 Å². The van der Waals surface area contributed by atoms with Gasteiger partial charge in [-0.1, -0.05) is 12.1 Å². The minimum atomic E-state index is -3.51. The third kappa shape index (κ3) is 3.88. The Morgan fingerprint density at radius 1 is 1.33 bits per heavy atom. The fraction of sp³-hybridized carbons (Fsp3) is 0.308. The molecule has 8 heteroatoms. The summed E-state index contributed by atoms with van der Waals surface area (Å²) in [7, 11) is -3.51. The normalized spacial score (nSPS) is 11.3. The molecule has 1 heterocycles. The summed E-state index contributed by atoms with van der Waals surface area (Å²) in [6.07, 6.45) is 0. The Hall–Kier alpha value is -2.22. The van der Waals surface area contributed by atoms with Crippen LogP contribution in [0.3, 0.4) is 0 Å². The van der Waals surface area contributed by atoms with Crippen molar-refractivity contribution in [2.75, 3.05) is 22.8 Å². The van der Waals surface area contributed by atoms with Gasteiger partial charge >= 0.3 is 0 Å². The molecule has 0 amide bonds.